The Morgan fingerprint density at radius 3 is 2.55 bits per heavy atom. The summed E-state index contributed by atoms with van der Waals surface area (Å²) in [6.07, 6.45) is 0. The van der Waals surface area contributed by atoms with Gasteiger partial charge in [-0.2, -0.15) is 0 Å². The van der Waals surface area contributed by atoms with Crippen LogP contribution < -0.4 is 5.73 Å². The van der Waals surface area contributed by atoms with Crippen molar-refractivity contribution in [2.75, 3.05) is 12.8 Å². The summed E-state index contributed by atoms with van der Waals surface area (Å²) in [5, 5.41) is 0. The third-order valence-corrected chi connectivity index (χ3v) is 3.92. The van der Waals surface area contributed by atoms with Gasteiger partial charge in [-0.05, 0) is 44.2 Å². The topological polar surface area (TPSA) is 29.3 Å². The smallest absolute Gasteiger partial charge is 0.127 e. The number of hydrogen-bond donors (Lipinski definition) is 1. The fourth-order valence-corrected chi connectivity index (χ4v) is 2.33. The molecule has 0 aliphatic rings. The van der Waals surface area contributed by atoms with E-state index in [1.165, 1.54) is 11.6 Å². The molecule has 1 unspecified atom stereocenters. The van der Waals surface area contributed by atoms with Crippen molar-refractivity contribution in [1.29, 1.82) is 0 Å². The zero-order valence-corrected chi connectivity index (χ0v) is 12.2. The summed E-state index contributed by atoms with van der Waals surface area (Å²) in [5.41, 5.74) is 9.72. The molecule has 2 nitrogen and oxygen atoms in total. The molecule has 20 heavy (non-hydrogen) atoms. The summed E-state index contributed by atoms with van der Waals surface area (Å²) < 4.78 is 13.8. The van der Waals surface area contributed by atoms with Crippen molar-refractivity contribution in [3.63, 3.8) is 0 Å². The molecule has 2 aromatic rings. The van der Waals surface area contributed by atoms with Gasteiger partial charge in [0.15, 0.2) is 0 Å². The molecule has 0 amide bonds. The van der Waals surface area contributed by atoms with E-state index in [1.54, 1.807) is 6.07 Å². The predicted molar refractivity (Wildman–Crippen MR) is 81.9 cm³/mol. The van der Waals surface area contributed by atoms with E-state index in [0.29, 0.717) is 0 Å². The Hall–Kier alpha value is -1.87. The Morgan fingerprint density at radius 1 is 1.15 bits per heavy atom. The number of nitrogen functional groups attached to an aromatic ring is 1. The van der Waals surface area contributed by atoms with Crippen molar-refractivity contribution in [3.05, 3.63) is 65.0 Å². The third-order valence-electron chi connectivity index (χ3n) is 3.92. The maximum absolute atomic E-state index is 13.8. The number of anilines is 1. The van der Waals surface area contributed by atoms with Gasteiger partial charge >= 0.3 is 0 Å². The first-order valence-corrected chi connectivity index (χ1v) is 6.79. The summed E-state index contributed by atoms with van der Waals surface area (Å²) in [4.78, 5) is 2.13. The van der Waals surface area contributed by atoms with E-state index in [9.17, 15) is 4.39 Å². The lowest BCUT2D eigenvalue weighted by molar-refractivity contribution is 0.247. The van der Waals surface area contributed by atoms with Gasteiger partial charge in [0.25, 0.3) is 0 Å². The van der Waals surface area contributed by atoms with Crippen LogP contribution in [-0.2, 0) is 6.54 Å². The first-order valence-electron chi connectivity index (χ1n) is 6.79. The molecule has 0 aromatic heterocycles. The average molecular weight is 272 g/mol. The van der Waals surface area contributed by atoms with Gasteiger partial charge in [-0.1, -0.05) is 30.3 Å². The molecule has 3 heteroatoms. The molecule has 0 saturated heterocycles. The fraction of sp³-hybridized carbons (Fsp3) is 0.294. The molecule has 0 saturated carbocycles. The van der Waals surface area contributed by atoms with Gasteiger partial charge in [-0.3, -0.25) is 4.90 Å². The van der Waals surface area contributed by atoms with Crippen molar-refractivity contribution in [1.82, 2.24) is 4.90 Å². The van der Waals surface area contributed by atoms with E-state index in [0.717, 1.165) is 23.4 Å². The van der Waals surface area contributed by atoms with E-state index in [-0.39, 0.29) is 11.9 Å². The molecule has 106 valence electrons. The number of nitrogens with two attached hydrogens (primary N) is 1. The molecule has 2 N–H and O–H groups in total. The van der Waals surface area contributed by atoms with Gasteiger partial charge in [0.1, 0.15) is 5.82 Å². The van der Waals surface area contributed by atoms with Gasteiger partial charge in [-0.15, -0.1) is 0 Å². The molecule has 2 aromatic carbocycles. The van der Waals surface area contributed by atoms with Crippen LogP contribution in [0.5, 0.6) is 0 Å². The largest absolute Gasteiger partial charge is 0.399 e. The summed E-state index contributed by atoms with van der Waals surface area (Å²) >= 11 is 0. The SMILES string of the molecule is Cc1c(N)cccc1CN(C)C(C)c1ccccc1F. The van der Waals surface area contributed by atoms with Crippen molar-refractivity contribution in [2.24, 2.45) is 0 Å². The second-order valence-electron chi connectivity index (χ2n) is 5.24. The normalized spacial score (nSPS) is 12.7. The van der Waals surface area contributed by atoms with Crippen molar-refractivity contribution < 1.29 is 4.39 Å². The predicted octanol–water partition coefficient (Wildman–Crippen LogP) is 3.91. The zero-order chi connectivity index (χ0) is 14.7. The van der Waals surface area contributed by atoms with E-state index >= 15 is 0 Å². The van der Waals surface area contributed by atoms with Crippen LogP contribution in [0.4, 0.5) is 10.1 Å². The third kappa shape index (κ3) is 2.99. The lowest BCUT2D eigenvalue weighted by atomic mass is 10.0. The van der Waals surface area contributed by atoms with Gasteiger partial charge in [0, 0.05) is 23.8 Å². The Morgan fingerprint density at radius 2 is 1.85 bits per heavy atom. The van der Waals surface area contributed by atoms with Crippen LogP contribution in [0.15, 0.2) is 42.5 Å². The first-order chi connectivity index (χ1) is 9.50. The lowest BCUT2D eigenvalue weighted by Crippen LogP contribution is -2.23. The van der Waals surface area contributed by atoms with Crippen molar-refractivity contribution in [2.45, 2.75) is 26.4 Å². The number of halogens is 1. The van der Waals surface area contributed by atoms with E-state index in [4.69, 9.17) is 5.73 Å². The zero-order valence-electron chi connectivity index (χ0n) is 12.2. The Labute approximate surface area is 120 Å². The van der Waals surface area contributed by atoms with E-state index in [2.05, 4.69) is 11.0 Å². The minimum Gasteiger partial charge on any atom is -0.399 e. The number of benzene rings is 2. The molecular weight excluding hydrogens is 251 g/mol. The van der Waals surface area contributed by atoms with Crippen LogP contribution in [0, 0.1) is 12.7 Å². The highest BCUT2D eigenvalue weighted by Crippen LogP contribution is 2.25. The molecular formula is C17H21FN2. The minimum atomic E-state index is -0.156. The van der Waals surface area contributed by atoms with E-state index in [1.807, 2.05) is 45.2 Å². The fourth-order valence-electron chi connectivity index (χ4n) is 2.33. The number of hydrogen-bond acceptors (Lipinski definition) is 2. The van der Waals surface area contributed by atoms with Crippen LogP contribution in [0.2, 0.25) is 0 Å². The van der Waals surface area contributed by atoms with Crippen molar-refractivity contribution >= 4 is 5.69 Å². The second kappa shape index (κ2) is 6.06. The summed E-state index contributed by atoms with van der Waals surface area (Å²) in [6, 6.07) is 12.9. The molecule has 0 spiro atoms. The highest BCUT2D eigenvalue weighted by molar-refractivity contribution is 5.49. The maximum Gasteiger partial charge on any atom is 0.127 e. The van der Waals surface area contributed by atoms with Gasteiger partial charge in [-0.25, -0.2) is 4.39 Å². The molecule has 2 rings (SSSR count). The van der Waals surface area contributed by atoms with Gasteiger partial charge in [0.05, 0.1) is 0 Å². The Kier molecular flexibility index (Phi) is 4.40. The Balaban J connectivity index is 2.18. The maximum atomic E-state index is 13.8. The summed E-state index contributed by atoms with van der Waals surface area (Å²) in [5.74, 6) is -0.156. The van der Waals surface area contributed by atoms with Gasteiger partial charge < -0.3 is 5.73 Å². The first kappa shape index (κ1) is 14.5. The number of rotatable bonds is 4. The van der Waals surface area contributed by atoms with Crippen LogP contribution in [0.1, 0.15) is 29.7 Å². The van der Waals surface area contributed by atoms with E-state index < -0.39 is 0 Å². The molecule has 0 radical (unpaired) electrons. The molecule has 1 atom stereocenters. The monoisotopic (exact) mass is 272 g/mol. The summed E-state index contributed by atoms with van der Waals surface area (Å²) in [7, 11) is 2.00. The molecule has 0 aliphatic carbocycles. The standard InChI is InChI=1S/C17H21FN2/c1-12-14(7-6-10-17(12)19)11-20(3)13(2)15-8-4-5-9-16(15)18/h4-10,13H,11,19H2,1-3H3. The van der Waals surface area contributed by atoms with Gasteiger partial charge in [0.2, 0.25) is 0 Å². The van der Waals surface area contributed by atoms with Crippen LogP contribution in [0.3, 0.4) is 0 Å². The van der Waals surface area contributed by atoms with Crippen LogP contribution in [0.25, 0.3) is 0 Å². The van der Waals surface area contributed by atoms with Crippen molar-refractivity contribution in [3.8, 4) is 0 Å². The quantitative estimate of drug-likeness (QED) is 0.855. The number of nitrogens with zero attached hydrogens (tertiary/aromatic N) is 1. The summed E-state index contributed by atoms with van der Waals surface area (Å²) in [6.45, 7) is 4.78. The molecule has 0 fully saturated rings. The van der Waals surface area contributed by atoms with Crippen LogP contribution >= 0.6 is 0 Å². The van der Waals surface area contributed by atoms with Crippen LogP contribution in [-0.4, -0.2) is 11.9 Å². The highest BCUT2D eigenvalue weighted by Gasteiger charge is 2.16. The molecule has 0 bridgehead atoms. The lowest BCUT2D eigenvalue weighted by Gasteiger charge is -2.26. The Bertz CT molecular complexity index is 595. The molecule has 0 heterocycles. The second-order valence-corrected chi connectivity index (χ2v) is 5.24. The highest BCUT2D eigenvalue weighted by atomic mass is 19.1. The molecule has 0 aliphatic heterocycles. The minimum absolute atomic E-state index is 0.0111. The average Bonchev–Trinajstić information content (AvgIpc) is 2.43.